The first-order valence-electron chi connectivity index (χ1n) is 5.83. The minimum atomic E-state index is -4.26. The highest BCUT2D eigenvalue weighted by atomic mass is 35.5. The average molecular weight is 292 g/mol. The van der Waals surface area contributed by atoms with Crippen molar-refractivity contribution in [3.05, 3.63) is 40.4 Å². The fourth-order valence-electron chi connectivity index (χ4n) is 2.17. The van der Waals surface area contributed by atoms with E-state index in [9.17, 15) is 18.3 Å². The number of para-hydroxylation sites is 1. The largest absolute Gasteiger partial charge is 0.412 e. The first-order chi connectivity index (χ1) is 8.93. The topological polar surface area (TPSA) is 23.5 Å². The molecule has 6 heteroatoms. The van der Waals surface area contributed by atoms with E-state index in [1.165, 1.54) is 6.08 Å². The minimum absolute atomic E-state index is 0.0698. The lowest BCUT2D eigenvalue weighted by molar-refractivity contribution is -0.0943. The molecule has 0 saturated heterocycles. The Hall–Kier alpha value is -1.20. The molecule has 0 aromatic heterocycles. The Labute approximate surface area is 114 Å². The van der Waals surface area contributed by atoms with Gasteiger partial charge in [0.25, 0.3) is 0 Å². The summed E-state index contributed by atoms with van der Waals surface area (Å²) in [7, 11) is 0. The van der Waals surface area contributed by atoms with Crippen LogP contribution in [0.2, 0.25) is 5.02 Å². The minimum Gasteiger partial charge on any atom is -0.392 e. The van der Waals surface area contributed by atoms with Crippen LogP contribution in [0.1, 0.15) is 12.0 Å². The summed E-state index contributed by atoms with van der Waals surface area (Å²) in [6.07, 6.45) is -3.15. The zero-order valence-electron chi connectivity index (χ0n) is 10.0. The van der Waals surface area contributed by atoms with Crippen LogP contribution in [0.4, 0.5) is 18.9 Å². The van der Waals surface area contributed by atoms with Crippen LogP contribution in [0, 0.1) is 0 Å². The van der Waals surface area contributed by atoms with Gasteiger partial charge in [-0.2, -0.15) is 13.2 Å². The maximum atomic E-state index is 12.5. The van der Waals surface area contributed by atoms with Gasteiger partial charge in [0.2, 0.25) is 0 Å². The van der Waals surface area contributed by atoms with Crippen LogP contribution < -0.4 is 4.90 Å². The van der Waals surface area contributed by atoms with Crippen molar-refractivity contribution in [2.24, 2.45) is 0 Å². The highest BCUT2D eigenvalue weighted by Gasteiger charge is 2.35. The summed E-state index contributed by atoms with van der Waals surface area (Å²) in [5.41, 5.74) is 0.738. The zero-order valence-corrected chi connectivity index (χ0v) is 10.8. The van der Waals surface area contributed by atoms with E-state index in [4.69, 9.17) is 11.6 Å². The monoisotopic (exact) mass is 291 g/mol. The van der Waals surface area contributed by atoms with E-state index < -0.39 is 11.7 Å². The summed E-state index contributed by atoms with van der Waals surface area (Å²) in [4.78, 5) is 1.75. The molecule has 0 fully saturated rings. The number of anilines is 1. The van der Waals surface area contributed by atoms with Crippen LogP contribution in [0.15, 0.2) is 29.8 Å². The van der Waals surface area contributed by atoms with Crippen molar-refractivity contribution in [3.8, 4) is 0 Å². The van der Waals surface area contributed by atoms with E-state index >= 15 is 0 Å². The summed E-state index contributed by atoms with van der Waals surface area (Å²) in [5.74, 6) is 0. The van der Waals surface area contributed by atoms with Gasteiger partial charge < -0.3 is 10.0 Å². The van der Waals surface area contributed by atoms with E-state index in [2.05, 4.69) is 0 Å². The van der Waals surface area contributed by atoms with Gasteiger partial charge in [-0.25, -0.2) is 0 Å². The maximum absolute atomic E-state index is 12.5. The van der Waals surface area contributed by atoms with Gasteiger partial charge in [-0.15, -0.1) is 0 Å². The molecule has 0 radical (unpaired) electrons. The summed E-state index contributed by atoms with van der Waals surface area (Å²) >= 11 is 6.07. The van der Waals surface area contributed by atoms with Crippen LogP contribution in [0.3, 0.4) is 0 Å². The van der Waals surface area contributed by atoms with Crippen LogP contribution in [-0.2, 0) is 6.61 Å². The molecule has 2 rings (SSSR count). The number of hydrogen-bond donors (Lipinski definition) is 1. The molecule has 1 heterocycles. The van der Waals surface area contributed by atoms with E-state index in [-0.39, 0.29) is 26.1 Å². The second-order valence-corrected chi connectivity index (χ2v) is 4.74. The Morgan fingerprint density at radius 2 is 2.05 bits per heavy atom. The normalized spacial score (nSPS) is 16.5. The van der Waals surface area contributed by atoms with Crippen molar-refractivity contribution < 1.29 is 18.3 Å². The van der Waals surface area contributed by atoms with Crippen molar-refractivity contribution >= 4 is 17.3 Å². The molecular formula is C13H13ClF3NO. The smallest absolute Gasteiger partial charge is 0.392 e. The molecule has 0 bridgehead atoms. The molecule has 0 saturated carbocycles. The van der Waals surface area contributed by atoms with Crippen LogP contribution in [0.25, 0.3) is 0 Å². The number of rotatable bonds is 2. The first-order valence-corrected chi connectivity index (χ1v) is 6.20. The Morgan fingerprint density at radius 3 is 2.58 bits per heavy atom. The zero-order chi connectivity index (χ0) is 14.0. The van der Waals surface area contributed by atoms with Gasteiger partial charge in [0.1, 0.15) is 0 Å². The van der Waals surface area contributed by atoms with Crippen LogP contribution in [0.5, 0.6) is 0 Å². The highest BCUT2D eigenvalue weighted by Crippen LogP contribution is 2.35. The molecule has 104 valence electrons. The number of aliphatic hydroxyl groups is 1. The molecule has 1 aromatic carbocycles. The Balaban J connectivity index is 2.25. The van der Waals surface area contributed by atoms with Gasteiger partial charge in [0.05, 0.1) is 17.3 Å². The van der Waals surface area contributed by atoms with E-state index in [1.54, 1.807) is 23.1 Å². The van der Waals surface area contributed by atoms with Crippen molar-refractivity contribution in [2.45, 2.75) is 19.2 Å². The number of alkyl halides is 3. The fourth-order valence-corrected chi connectivity index (χ4v) is 2.49. The fraction of sp³-hybridized carbons (Fsp3) is 0.385. The van der Waals surface area contributed by atoms with Crippen molar-refractivity contribution in [3.63, 3.8) is 0 Å². The van der Waals surface area contributed by atoms with E-state index in [1.807, 2.05) is 0 Å². The molecule has 1 N–H and O–H groups in total. The number of halogens is 4. The Kier molecular flexibility index (Phi) is 4.06. The number of hydrogen-bond acceptors (Lipinski definition) is 2. The highest BCUT2D eigenvalue weighted by molar-refractivity contribution is 6.33. The number of benzene rings is 1. The van der Waals surface area contributed by atoms with Crippen LogP contribution in [-0.4, -0.2) is 24.4 Å². The van der Waals surface area contributed by atoms with Gasteiger partial charge in [-0.3, -0.25) is 0 Å². The number of aliphatic hydroxyl groups excluding tert-OH is 1. The lowest BCUT2D eigenvalue weighted by Crippen LogP contribution is -2.32. The predicted octanol–water partition coefficient (Wildman–Crippen LogP) is 3.53. The van der Waals surface area contributed by atoms with Gasteiger partial charge in [-0.1, -0.05) is 29.8 Å². The van der Waals surface area contributed by atoms with Gasteiger partial charge in [-0.05, 0) is 12.5 Å². The van der Waals surface area contributed by atoms with E-state index in [0.29, 0.717) is 16.3 Å². The molecule has 1 aliphatic rings. The lowest BCUT2D eigenvalue weighted by atomic mass is 10.1. The predicted molar refractivity (Wildman–Crippen MR) is 68.3 cm³/mol. The summed E-state index contributed by atoms with van der Waals surface area (Å²) in [5, 5.41) is 9.71. The molecule has 0 aliphatic carbocycles. The summed E-state index contributed by atoms with van der Waals surface area (Å²) < 4.78 is 37.6. The molecular weight excluding hydrogens is 279 g/mol. The molecule has 0 amide bonds. The second kappa shape index (κ2) is 5.43. The molecule has 0 spiro atoms. The Bertz CT molecular complexity index is 499. The van der Waals surface area contributed by atoms with Crippen molar-refractivity contribution in [1.82, 2.24) is 0 Å². The molecule has 1 aliphatic heterocycles. The van der Waals surface area contributed by atoms with Crippen molar-refractivity contribution in [2.75, 3.05) is 18.0 Å². The van der Waals surface area contributed by atoms with Gasteiger partial charge >= 0.3 is 6.18 Å². The van der Waals surface area contributed by atoms with Crippen LogP contribution >= 0.6 is 11.6 Å². The Morgan fingerprint density at radius 1 is 1.32 bits per heavy atom. The average Bonchev–Trinajstić information content (AvgIpc) is 2.37. The second-order valence-electron chi connectivity index (χ2n) is 4.33. The molecule has 0 unspecified atom stereocenters. The van der Waals surface area contributed by atoms with Crippen molar-refractivity contribution in [1.29, 1.82) is 0 Å². The maximum Gasteiger partial charge on any atom is 0.412 e. The molecule has 1 aromatic rings. The van der Waals surface area contributed by atoms with Gasteiger partial charge in [0.15, 0.2) is 0 Å². The van der Waals surface area contributed by atoms with Gasteiger partial charge in [0, 0.05) is 24.2 Å². The third kappa shape index (κ3) is 3.04. The lowest BCUT2D eigenvalue weighted by Gasteiger charge is -2.31. The SMILES string of the molecule is OCc1cccc(Cl)c1N1CC=C(C(F)(F)F)CC1. The molecule has 19 heavy (non-hydrogen) atoms. The standard InChI is InChI=1S/C13H13ClF3NO/c14-11-3-1-2-9(8-19)12(11)18-6-4-10(5-7-18)13(15,16)17/h1-4,19H,5-8H2. The summed E-state index contributed by atoms with van der Waals surface area (Å²) in [6.45, 7) is 0.190. The quantitative estimate of drug-likeness (QED) is 0.843. The van der Waals surface area contributed by atoms with E-state index in [0.717, 1.165) is 0 Å². The third-order valence-corrected chi connectivity index (χ3v) is 3.44. The molecule has 0 atom stereocenters. The number of nitrogens with zero attached hydrogens (tertiary/aromatic N) is 1. The molecule has 2 nitrogen and oxygen atoms in total. The third-order valence-electron chi connectivity index (χ3n) is 3.13. The first kappa shape index (κ1) is 14.2. The summed E-state index contributed by atoms with van der Waals surface area (Å²) in [6, 6.07) is 5.08.